The second-order valence-electron chi connectivity index (χ2n) is 6.94. The van der Waals surface area contributed by atoms with Crippen molar-refractivity contribution in [2.24, 2.45) is 0 Å². The number of halogens is 1. The number of likely N-dealkylation sites (tertiary alicyclic amines) is 1. The molecule has 2 rings (SSSR count). The van der Waals surface area contributed by atoms with Crippen molar-refractivity contribution in [3.8, 4) is 0 Å². The Morgan fingerprint density at radius 1 is 1.29 bits per heavy atom. The molecule has 1 amide bonds. The lowest BCUT2D eigenvalue weighted by molar-refractivity contribution is -0.160. The molecule has 0 spiro atoms. The molecule has 0 bridgehead atoms. The number of sulfonamides is 1. The predicted molar refractivity (Wildman–Crippen MR) is 106 cm³/mol. The molecule has 1 aromatic carbocycles. The van der Waals surface area contributed by atoms with E-state index in [1.54, 1.807) is 4.90 Å². The van der Waals surface area contributed by atoms with Crippen LogP contribution >= 0.6 is 11.6 Å². The summed E-state index contributed by atoms with van der Waals surface area (Å²) in [7, 11) is -2.57. The smallest absolute Gasteiger partial charge is 0.322 e. The first-order valence-electron chi connectivity index (χ1n) is 9.38. The molecule has 0 saturated carbocycles. The highest BCUT2D eigenvalue weighted by atomic mass is 35.5. The van der Waals surface area contributed by atoms with Crippen LogP contribution in [0.4, 0.5) is 0 Å². The fraction of sp³-hybridized carbons (Fsp3) is 0.579. The van der Waals surface area contributed by atoms with Crippen LogP contribution in [-0.2, 0) is 24.3 Å². The number of esters is 1. The van der Waals surface area contributed by atoms with Crippen molar-refractivity contribution in [1.29, 1.82) is 0 Å². The molecular formula is C19H27ClN2O5S. The minimum atomic E-state index is -3.86. The number of rotatable bonds is 7. The first-order valence-corrected chi connectivity index (χ1v) is 11.2. The van der Waals surface area contributed by atoms with E-state index < -0.39 is 28.6 Å². The number of hydrogen-bond acceptors (Lipinski definition) is 5. The van der Waals surface area contributed by atoms with Gasteiger partial charge in [-0.25, -0.2) is 8.42 Å². The Labute approximate surface area is 171 Å². The Bertz CT molecular complexity index is 797. The topological polar surface area (TPSA) is 84.0 Å². The lowest BCUT2D eigenvalue weighted by atomic mass is 9.99. The summed E-state index contributed by atoms with van der Waals surface area (Å²) in [4.78, 5) is 26.7. The number of amides is 1. The number of piperidine rings is 1. The van der Waals surface area contributed by atoms with Gasteiger partial charge in [0.25, 0.3) is 5.91 Å². The van der Waals surface area contributed by atoms with Gasteiger partial charge in [0.05, 0.1) is 4.90 Å². The molecule has 0 aromatic heterocycles. The van der Waals surface area contributed by atoms with Crippen LogP contribution in [0.3, 0.4) is 0 Å². The van der Waals surface area contributed by atoms with Crippen LogP contribution < -0.4 is 0 Å². The lowest BCUT2D eigenvalue weighted by Crippen LogP contribution is -2.48. The van der Waals surface area contributed by atoms with Gasteiger partial charge >= 0.3 is 5.97 Å². The monoisotopic (exact) mass is 430 g/mol. The third-order valence-corrected chi connectivity index (χ3v) is 6.98. The van der Waals surface area contributed by atoms with E-state index in [0.29, 0.717) is 11.6 Å². The van der Waals surface area contributed by atoms with E-state index in [2.05, 4.69) is 0 Å². The van der Waals surface area contributed by atoms with Crippen molar-refractivity contribution < 1.29 is 22.7 Å². The van der Waals surface area contributed by atoms with Gasteiger partial charge in [0.2, 0.25) is 10.0 Å². The van der Waals surface area contributed by atoms with Gasteiger partial charge in [0, 0.05) is 24.7 Å². The lowest BCUT2D eigenvalue weighted by Gasteiger charge is -2.36. The molecule has 1 aliphatic rings. The van der Waals surface area contributed by atoms with Crippen molar-refractivity contribution in [3.05, 3.63) is 29.3 Å². The van der Waals surface area contributed by atoms with Crippen LogP contribution in [-0.4, -0.2) is 61.8 Å². The van der Waals surface area contributed by atoms with Crippen LogP contribution in [0, 0.1) is 0 Å². The van der Waals surface area contributed by atoms with Gasteiger partial charge in [-0.3, -0.25) is 9.59 Å². The Hall–Kier alpha value is -1.64. The minimum absolute atomic E-state index is 0.0235. The zero-order chi connectivity index (χ0) is 20.9. The van der Waals surface area contributed by atoms with E-state index in [0.717, 1.165) is 30.0 Å². The molecule has 0 N–H and O–H groups in total. The first kappa shape index (κ1) is 22.6. The molecule has 0 radical (unpaired) electrons. The van der Waals surface area contributed by atoms with E-state index in [1.807, 2.05) is 6.92 Å². The van der Waals surface area contributed by atoms with Crippen molar-refractivity contribution >= 4 is 33.5 Å². The van der Waals surface area contributed by atoms with E-state index in [-0.39, 0.29) is 16.8 Å². The molecule has 1 aliphatic heterocycles. The minimum Gasteiger partial charge on any atom is -0.452 e. The normalized spacial score (nSPS) is 18.8. The first-order chi connectivity index (χ1) is 13.2. The summed E-state index contributed by atoms with van der Waals surface area (Å²) in [5, 5.41) is 0.413. The quantitative estimate of drug-likeness (QED) is 0.621. The molecule has 0 aliphatic carbocycles. The molecule has 1 saturated heterocycles. The number of hydrogen-bond donors (Lipinski definition) is 0. The van der Waals surface area contributed by atoms with Crippen LogP contribution in [0.1, 0.15) is 39.5 Å². The van der Waals surface area contributed by atoms with Crippen molar-refractivity contribution in [1.82, 2.24) is 9.21 Å². The highest BCUT2D eigenvalue weighted by Gasteiger charge is 2.31. The van der Waals surface area contributed by atoms with Gasteiger partial charge in [-0.05, 0) is 56.9 Å². The maximum atomic E-state index is 12.6. The Balaban J connectivity index is 1.96. The molecule has 1 aromatic rings. The number of nitrogens with zero attached hydrogens (tertiary/aromatic N) is 2. The molecule has 7 nitrogen and oxygen atoms in total. The van der Waals surface area contributed by atoms with Gasteiger partial charge in [-0.2, -0.15) is 4.31 Å². The van der Waals surface area contributed by atoms with Gasteiger partial charge in [-0.1, -0.05) is 18.5 Å². The highest BCUT2D eigenvalue weighted by molar-refractivity contribution is 7.89. The fourth-order valence-electron chi connectivity index (χ4n) is 3.29. The number of carbonyl (C=O) groups excluding carboxylic acids is 2. The fourth-order valence-corrected chi connectivity index (χ4v) is 4.53. The molecule has 28 heavy (non-hydrogen) atoms. The summed E-state index contributed by atoms with van der Waals surface area (Å²) < 4.78 is 31.2. The summed E-state index contributed by atoms with van der Waals surface area (Å²) in [5.74, 6) is -1.01. The molecule has 2 unspecified atom stereocenters. The third-order valence-electron chi connectivity index (χ3n) is 4.91. The van der Waals surface area contributed by atoms with Gasteiger partial charge in [0.1, 0.15) is 6.54 Å². The van der Waals surface area contributed by atoms with E-state index in [9.17, 15) is 18.0 Å². The van der Waals surface area contributed by atoms with Crippen LogP contribution in [0.2, 0.25) is 5.02 Å². The van der Waals surface area contributed by atoms with Gasteiger partial charge in [-0.15, -0.1) is 0 Å². The van der Waals surface area contributed by atoms with Crippen LogP contribution in [0.25, 0.3) is 0 Å². The number of likely N-dealkylation sites (N-methyl/N-ethyl adjacent to an activating group) is 1. The number of ether oxygens (including phenoxy) is 1. The standard InChI is InChI=1S/C19H27ClN2O5S/c1-4-16-7-5-6-12-22(16)19(24)14(2)27-18(23)13-21(3)28(25,26)17-10-8-15(20)9-11-17/h8-11,14,16H,4-7,12-13H2,1-3H3. The van der Waals surface area contributed by atoms with E-state index in [4.69, 9.17) is 16.3 Å². The molecule has 1 heterocycles. The summed E-state index contributed by atoms with van der Waals surface area (Å²) in [5.41, 5.74) is 0. The average Bonchev–Trinajstić information content (AvgIpc) is 2.67. The molecular weight excluding hydrogens is 404 g/mol. The maximum absolute atomic E-state index is 12.6. The van der Waals surface area contributed by atoms with E-state index in [1.165, 1.54) is 38.2 Å². The highest BCUT2D eigenvalue weighted by Crippen LogP contribution is 2.21. The zero-order valence-corrected chi connectivity index (χ0v) is 18.0. The third kappa shape index (κ3) is 5.46. The van der Waals surface area contributed by atoms with Crippen LogP contribution in [0.5, 0.6) is 0 Å². The SMILES string of the molecule is CCC1CCCCN1C(=O)C(C)OC(=O)CN(C)S(=O)(=O)c1ccc(Cl)cc1. The van der Waals surface area contributed by atoms with Gasteiger partial charge in [0.15, 0.2) is 6.10 Å². The van der Waals surface area contributed by atoms with Gasteiger partial charge < -0.3 is 9.64 Å². The van der Waals surface area contributed by atoms with Crippen molar-refractivity contribution in [2.75, 3.05) is 20.1 Å². The second-order valence-corrected chi connectivity index (χ2v) is 9.42. The summed E-state index contributed by atoms with van der Waals surface area (Å²) in [6.07, 6.45) is 2.88. The predicted octanol–water partition coefficient (Wildman–Crippen LogP) is 2.68. The second kappa shape index (κ2) is 9.71. The largest absolute Gasteiger partial charge is 0.452 e. The van der Waals surface area contributed by atoms with Crippen molar-refractivity contribution in [3.63, 3.8) is 0 Å². The summed E-state index contributed by atoms with van der Waals surface area (Å²) in [6.45, 7) is 3.72. The molecule has 9 heteroatoms. The molecule has 1 fully saturated rings. The Kier molecular flexibility index (Phi) is 7.86. The molecule has 2 atom stereocenters. The summed E-state index contributed by atoms with van der Waals surface area (Å²) >= 11 is 5.78. The van der Waals surface area contributed by atoms with E-state index >= 15 is 0 Å². The number of carbonyl (C=O) groups is 2. The maximum Gasteiger partial charge on any atom is 0.322 e. The molecule has 156 valence electrons. The zero-order valence-electron chi connectivity index (χ0n) is 16.4. The summed E-state index contributed by atoms with van der Waals surface area (Å²) in [6, 6.07) is 5.82. The average molecular weight is 431 g/mol. The number of benzene rings is 1. The Morgan fingerprint density at radius 3 is 2.54 bits per heavy atom. The van der Waals surface area contributed by atoms with Crippen LogP contribution in [0.15, 0.2) is 29.2 Å². The van der Waals surface area contributed by atoms with Crippen molar-refractivity contribution in [2.45, 2.75) is 56.6 Å². The Morgan fingerprint density at radius 2 is 1.93 bits per heavy atom.